The first-order chi connectivity index (χ1) is 10.3. The zero-order valence-corrected chi connectivity index (χ0v) is 13.1. The Labute approximate surface area is 130 Å². The number of thioether (sulfide) groups is 1. The minimum atomic E-state index is 0.257. The van der Waals surface area contributed by atoms with E-state index < -0.39 is 0 Å². The van der Waals surface area contributed by atoms with Crippen LogP contribution in [0.4, 0.5) is 0 Å². The molecule has 4 heteroatoms. The molecular weight excluding hydrogens is 280 g/mol. The highest BCUT2D eigenvalue weighted by Gasteiger charge is 2.35. The maximum absolute atomic E-state index is 5.74. The van der Waals surface area contributed by atoms with E-state index in [0.29, 0.717) is 12.0 Å². The van der Waals surface area contributed by atoms with Crippen molar-refractivity contribution >= 4 is 16.9 Å². The topological polar surface area (TPSA) is 33.6 Å². The lowest BCUT2D eigenvalue weighted by Gasteiger charge is -2.38. The fourth-order valence-corrected chi connectivity index (χ4v) is 4.88. The lowest BCUT2D eigenvalue weighted by Crippen LogP contribution is -2.38. The van der Waals surface area contributed by atoms with Crippen LogP contribution in [0, 0.1) is 5.41 Å². The maximum atomic E-state index is 5.74. The van der Waals surface area contributed by atoms with Crippen molar-refractivity contribution in [2.24, 2.45) is 10.4 Å². The third-order valence-electron chi connectivity index (χ3n) is 4.98. The number of aliphatic imine (C=N–C) groups is 1. The molecular formula is C17H22N2OS. The third kappa shape index (κ3) is 2.66. The first kappa shape index (κ1) is 13.5. The van der Waals surface area contributed by atoms with Crippen LogP contribution in [0.15, 0.2) is 29.3 Å². The monoisotopic (exact) mass is 302 g/mol. The van der Waals surface area contributed by atoms with Gasteiger partial charge in [-0.15, -0.1) is 0 Å². The summed E-state index contributed by atoms with van der Waals surface area (Å²) < 4.78 is 5.74. The summed E-state index contributed by atoms with van der Waals surface area (Å²) in [5.41, 5.74) is 1.76. The highest BCUT2D eigenvalue weighted by Crippen LogP contribution is 2.42. The second-order valence-corrected chi connectivity index (χ2v) is 7.48. The van der Waals surface area contributed by atoms with E-state index >= 15 is 0 Å². The van der Waals surface area contributed by atoms with Gasteiger partial charge in [-0.1, -0.05) is 49.2 Å². The smallest absolute Gasteiger partial charge is 0.157 e. The van der Waals surface area contributed by atoms with Crippen LogP contribution in [0.1, 0.15) is 43.7 Å². The number of rotatable bonds is 1. The molecule has 2 aliphatic heterocycles. The highest BCUT2D eigenvalue weighted by molar-refractivity contribution is 8.13. The summed E-state index contributed by atoms with van der Waals surface area (Å²) in [5, 5.41) is 4.69. The molecule has 3 aliphatic rings. The summed E-state index contributed by atoms with van der Waals surface area (Å²) in [7, 11) is 0. The molecule has 0 bridgehead atoms. The van der Waals surface area contributed by atoms with Gasteiger partial charge in [-0.3, -0.25) is 4.99 Å². The van der Waals surface area contributed by atoms with Crippen molar-refractivity contribution in [3.8, 4) is 5.75 Å². The molecule has 1 spiro atoms. The Morgan fingerprint density at radius 1 is 1.19 bits per heavy atom. The summed E-state index contributed by atoms with van der Waals surface area (Å²) in [4.78, 5) is 4.86. The van der Waals surface area contributed by atoms with E-state index in [2.05, 4.69) is 17.4 Å². The molecule has 1 aromatic rings. The summed E-state index contributed by atoms with van der Waals surface area (Å²) in [6, 6.07) is 8.56. The maximum Gasteiger partial charge on any atom is 0.157 e. The molecule has 1 aliphatic carbocycles. The van der Waals surface area contributed by atoms with Crippen LogP contribution in [0.25, 0.3) is 0 Å². The van der Waals surface area contributed by atoms with Gasteiger partial charge in [0.15, 0.2) is 5.17 Å². The number of fused-ring (bicyclic) bond motifs is 1. The van der Waals surface area contributed by atoms with E-state index in [9.17, 15) is 0 Å². The molecule has 0 amide bonds. The summed E-state index contributed by atoms with van der Waals surface area (Å²) in [6.07, 6.45) is 6.93. The van der Waals surface area contributed by atoms with Crippen molar-refractivity contribution in [2.75, 3.05) is 18.9 Å². The molecule has 2 heterocycles. The molecule has 4 rings (SSSR count). The number of nitrogens with one attached hydrogen (secondary N) is 1. The summed E-state index contributed by atoms with van der Waals surface area (Å²) in [5.74, 6) is 2.24. The van der Waals surface area contributed by atoms with Crippen LogP contribution < -0.4 is 10.1 Å². The molecule has 1 N–H and O–H groups in total. The number of ether oxygens (including phenoxy) is 1. The molecule has 1 fully saturated rings. The lowest BCUT2D eigenvalue weighted by atomic mass is 9.75. The predicted octanol–water partition coefficient (Wildman–Crippen LogP) is 3.76. The summed E-state index contributed by atoms with van der Waals surface area (Å²) in [6.45, 7) is 1.72. The molecule has 1 aromatic carbocycles. The predicted molar refractivity (Wildman–Crippen MR) is 88.1 cm³/mol. The van der Waals surface area contributed by atoms with Crippen molar-refractivity contribution in [3.05, 3.63) is 29.8 Å². The Hall–Kier alpha value is -1.16. The Morgan fingerprint density at radius 2 is 2.05 bits per heavy atom. The lowest BCUT2D eigenvalue weighted by molar-refractivity contribution is 0.232. The van der Waals surface area contributed by atoms with E-state index in [0.717, 1.165) is 17.5 Å². The van der Waals surface area contributed by atoms with Crippen LogP contribution in [-0.4, -0.2) is 24.1 Å². The number of hydrogen-bond acceptors (Lipinski definition) is 4. The van der Waals surface area contributed by atoms with E-state index in [1.54, 1.807) is 0 Å². The number of nitrogens with zero attached hydrogens (tertiary/aromatic N) is 1. The van der Waals surface area contributed by atoms with Gasteiger partial charge >= 0.3 is 0 Å². The molecule has 0 radical (unpaired) electrons. The second-order valence-electron chi connectivity index (χ2n) is 6.52. The van der Waals surface area contributed by atoms with Crippen molar-refractivity contribution in [1.82, 2.24) is 5.32 Å². The third-order valence-corrected chi connectivity index (χ3v) is 6.26. The first-order valence-electron chi connectivity index (χ1n) is 8.00. The molecule has 112 valence electrons. The van der Waals surface area contributed by atoms with E-state index in [4.69, 9.17) is 9.73 Å². The molecule has 0 saturated heterocycles. The Morgan fingerprint density at radius 3 is 2.86 bits per heavy atom. The van der Waals surface area contributed by atoms with Crippen molar-refractivity contribution in [3.63, 3.8) is 0 Å². The fourth-order valence-electron chi connectivity index (χ4n) is 3.67. The number of para-hydroxylation sites is 1. The normalized spacial score (nSPS) is 26.9. The molecule has 3 nitrogen and oxygen atoms in total. The van der Waals surface area contributed by atoms with Gasteiger partial charge in [-0.2, -0.15) is 0 Å². The van der Waals surface area contributed by atoms with Gasteiger partial charge < -0.3 is 10.1 Å². The van der Waals surface area contributed by atoms with Crippen LogP contribution in [0.2, 0.25) is 0 Å². The SMILES string of the molecule is c1ccc2c(c1)OCC2NC1=NCC2(CCCCC2)CS1. The second kappa shape index (κ2) is 5.56. The van der Waals surface area contributed by atoms with Gasteiger partial charge in [0.1, 0.15) is 12.4 Å². The fraction of sp³-hybridized carbons (Fsp3) is 0.588. The standard InChI is InChI=1S/C17H22N2OS/c1-4-8-17(9-5-1)11-18-16(21-12-17)19-14-10-20-15-7-3-2-6-13(14)15/h2-3,6-7,14H,1,4-5,8-12H2,(H,18,19). The van der Waals surface area contributed by atoms with Crippen LogP contribution in [0.5, 0.6) is 5.75 Å². The zero-order valence-electron chi connectivity index (χ0n) is 12.3. The quantitative estimate of drug-likeness (QED) is 0.857. The Kier molecular flexibility index (Phi) is 3.57. The average Bonchev–Trinajstić information content (AvgIpc) is 2.94. The number of benzene rings is 1. The summed E-state index contributed by atoms with van der Waals surface area (Å²) >= 11 is 1.91. The van der Waals surface area contributed by atoms with Crippen molar-refractivity contribution in [2.45, 2.75) is 38.1 Å². The van der Waals surface area contributed by atoms with Crippen LogP contribution in [-0.2, 0) is 0 Å². The molecule has 1 unspecified atom stereocenters. The van der Waals surface area contributed by atoms with Crippen molar-refractivity contribution in [1.29, 1.82) is 0 Å². The van der Waals surface area contributed by atoms with Gasteiger partial charge in [0.05, 0.1) is 6.04 Å². The number of hydrogen-bond donors (Lipinski definition) is 1. The largest absolute Gasteiger partial charge is 0.491 e. The minimum absolute atomic E-state index is 0.257. The molecule has 1 atom stereocenters. The van der Waals surface area contributed by atoms with Gasteiger partial charge in [-0.05, 0) is 24.3 Å². The Bertz CT molecular complexity index is 551. The number of amidine groups is 1. The average molecular weight is 302 g/mol. The molecule has 21 heavy (non-hydrogen) atoms. The molecule has 1 saturated carbocycles. The van der Waals surface area contributed by atoms with E-state index in [1.807, 2.05) is 23.9 Å². The van der Waals surface area contributed by atoms with Gasteiger partial charge in [0.2, 0.25) is 0 Å². The van der Waals surface area contributed by atoms with Gasteiger partial charge in [0.25, 0.3) is 0 Å². The Balaban J connectivity index is 1.43. The van der Waals surface area contributed by atoms with Crippen LogP contribution in [0.3, 0.4) is 0 Å². The zero-order chi connectivity index (χ0) is 14.1. The van der Waals surface area contributed by atoms with E-state index in [1.165, 1.54) is 43.4 Å². The first-order valence-corrected chi connectivity index (χ1v) is 8.99. The van der Waals surface area contributed by atoms with Crippen molar-refractivity contribution < 1.29 is 4.74 Å². The van der Waals surface area contributed by atoms with E-state index in [-0.39, 0.29) is 6.04 Å². The molecule has 0 aromatic heterocycles. The highest BCUT2D eigenvalue weighted by atomic mass is 32.2. The van der Waals surface area contributed by atoms with Gasteiger partial charge in [0, 0.05) is 17.9 Å². The minimum Gasteiger partial charge on any atom is -0.491 e. The van der Waals surface area contributed by atoms with Gasteiger partial charge in [-0.25, -0.2) is 0 Å². The van der Waals surface area contributed by atoms with Crippen LogP contribution >= 0.6 is 11.8 Å².